The summed E-state index contributed by atoms with van der Waals surface area (Å²) in [7, 11) is 0. The van der Waals surface area contributed by atoms with Crippen LogP contribution in [0.15, 0.2) is 71.7 Å². The number of hydrogen-bond donors (Lipinski definition) is 1. The average Bonchev–Trinajstić information content (AvgIpc) is 3.52. The zero-order valence-electron chi connectivity index (χ0n) is 17.8. The van der Waals surface area contributed by atoms with Crippen molar-refractivity contribution in [2.45, 2.75) is 26.9 Å². The second-order valence-electron chi connectivity index (χ2n) is 7.74. The van der Waals surface area contributed by atoms with E-state index in [2.05, 4.69) is 51.7 Å². The molecule has 0 bridgehead atoms. The summed E-state index contributed by atoms with van der Waals surface area (Å²) < 4.78 is 8.96. The molecule has 0 aliphatic heterocycles. The Morgan fingerprint density at radius 3 is 2.75 bits per heavy atom. The van der Waals surface area contributed by atoms with Crippen LogP contribution < -0.4 is 5.32 Å². The molecule has 5 rings (SSSR count). The summed E-state index contributed by atoms with van der Waals surface area (Å²) in [4.78, 5) is 17.2. The number of fused-ring (bicyclic) bond motifs is 1. The average molecular weight is 426 g/mol. The first-order valence-electron chi connectivity index (χ1n) is 10.3. The van der Waals surface area contributed by atoms with Crippen LogP contribution in [0.5, 0.6) is 0 Å². The highest BCUT2D eigenvalue weighted by Crippen LogP contribution is 2.30. The standard InChI is InChI=1S/C24H22N6O2/c1-16-5-7-18(8-6-16)13-29-14-19(12-26-29)27-22(31)15-30-24-23(17(2)28-30)20(9-10-25-24)21-4-3-11-32-21/h3-12,14H,13,15H2,1-2H3,(H,27,31). The highest BCUT2D eigenvalue weighted by Gasteiger charge is 2.17. The topological polar surface area (TPSA) is 90.8 Å². The van der Waals surface area contributed by atoms with Crippen molar-refractivity contribution in [3.63, 3.8) is 0 Å². The molecule has 1 aromatic carbocycles. The van der Waals surface area contributed by atoms with Crippen molar-refractivity contribution < 1.29 is 9.21 Å². The lowest BCUT2D eigenvalue weighted by Gasteiger charge is -2.05. The van der Waals surface area contributed by atoms with E-state index >= 15 is 0 Å². The summed E-state index contributed by atoms with van der Waals surface area (Å²) in [6, 6.07) is 13.9. The number of rotatable bonds is 6. The number of benzene rings is 1. The number of anilines is 1. The number of aromatic nitrogens is 5. The van der Waals surface area contributed by atoms with Gasteiger partial charge in [0.1, 0.15) is 12.3 Å². The molecule has 4 heterocycles. The van der Waals surface area contributed by atoms with Gasteiger partial charge in [-0.15, -0.1) is 0 Å². The van der Waals surface area contributed by atoms with Gasteiger partial charge < -0.3 is 9.73 Å². The largest absolute Gasteiger partial charge is 0.464 e. The van der Waals surface area contributed by atoms with E-state index in [4.69, 9.17) is 4.42 Å². The molecular weight excluding hydrogens is 404 g/mol. The first kappa shape index (κ1) is 19.7. The summed E-state index contributed by atoms with van der Waals surface area (Å²) in [5.74, 6) is 0.542. The van der Waals surface area contributed by atoms with Crippen molar-refractivity contribution in [1.82, 2.24) is 24.5 Å². The maximum absolute atomic E-state index is 12.7. The van der Waals surface area contributed by atoms with Gasteiger partial charge in [-0.2, -0.15) is 10.2 Å². The minimum atomic E-state index is -0.200. The molecular formula is C24H22N6O2. The molecule has 8 nitrogen and oxygen atoms in total. The summed E-state index contributed by atoms with van der Waals surface area (Å²) in [6.07, 6.45) is 6.79. The molecule has 0 saturated heterocycles. The fraction of sp³-hybridized carbons (Fsp3) is 0.167. The Balaban J connectivity index is 1.31. The molecule has 8 heteroatoms. The maximum atomic E-state index is 12.7. The van der Waals surface area contributed by atoms with E-state index < -0.39 is 0 Å². The Hall–Kier alpha value is -4.20. The third-order valence-corrected chi connectivity index (χ3v) is 5.27. The predicted molar refractivity (Wildman–Crippen MR) is 121 cm³/mol. The molecule has 0 aliphatic carbocycles. The fourth-order valence-corrected chi connectivity index (χ4v) is 3.76. The number of hydrogen-bond acceptors (Lipinski definition) is 5. The highest BCUT2D eigenvalue weighted by molar-refractivity contribution is 5.95. The van der Waals surface area contributed by atoms with E-state index in [9.17, 15) is 4.79 Å². The quantitative estimate of drug-likeness (QED) is 0.440. The lowest BCUT2D eigenvalue weighted by molar-refractivity contribution is -0.116. The van der Waals surface area contributed by atoms with Crippen LogP contribution in [0.1, 0.15) is 16.8 Å². The van der Waals surface area contributed by atoms with E-state index in [0.29, 0.717) is 17.9 Å². The van der Waals surface area contributed by atoms with Crippen LogP contribution in [0.25, 0.3) is 22.4 Å². The van der Waals surface area contributed by atoms with E-state index in [0.717, 1.165) is 28.0 Å². The number of pyridine rings is 1. The molecule has 0 spiro atoms. The second-order valence-corrected chi connectivity index (χ2v) is 7.74. The third kappa shape index (κ3) is 3.90. The molecule has 0 radical (unpaired) electrons. The molecule has 0 aliphatic rings. The summed E-state index contributed by atoms with van der Waals surface area (Å²) in [6.45, 7) is 4.64. The monoisotopic (exact) mass is 426 g/mol. The van der Waals surface area contributed by atoms with E-state index in [1.807, 2.05) is 31.3 Å². The molecule has 0 saturated carbocycles. The Labute approximate surface area is 184 Å². The Morgan fingerprint density at radius 1 is 1.12 bits per heavy atom. The van der Waals surface area contributed by atoms with Crippen LogP contribution in [-0.4, -0.2) is 30.5 Å². The van der Waals surface area contributed by atoms with Gasteiger partial charge in [-0.05, 0) is 37.6 Å². The van der Waals surface area contributed by atoms with Gasteiger partial charge in [0, 0.05) is 18.0 Å². The number of nitrogens with zero attached hydrogens (tertiary/aromatic N) is 5. The smallest absolute Gasteiger partial charge is 0.246 e. The van der Waals surface area contributed by atoms with Crippen LogP contribution in [0.3, 0.4) is 0 Å². The van der Waals surface area contributed by atoms with Gasteiger partial charge in [0.25, 0.3) is 0 Å². The lowest BCUT2D eigenvalue weighted by atomic mass is 10.1. The number of aryl methyl sites for hydroxylation is 2. The Bertz CT molecular complexity index is 1380. The molecule has 4 aromatic heterocycles. The van der Waals surface area contributed by atoms with Crippen molar-refractivity contribution in [3.05, 3.63) is 84.1 Å². The molecule has 0 fully saturated rings. The molecule has 32 heavy (non-hydrogen) atoms. The summed E-state index contributed by atoms with van der Waals surface area (Å²) in [5.41, 5.74) is 5.34. The number of nitrogens with one attached hydrogen (secondary N) is 1. The van der Waals surface area contributed by atoms with Crippen molar-refractivity contribution >= 4 is 22.6 Å². The van der Waals surface area contributed by atoms with Crippen molar-refractivity contribution in [2.75, 3.05) is 5.32 Å². The number of amides is 1. The van der Waals surface area contributed by atoms with Gasteiger partial charge in [0.05, 0.1) is 35.8 Å². The van der Waals surface area contributed by atoms with Crippen molar-refractivity contribution in [2.24, 2.45) is 0 Å². The van der Waals surface area contributed by atoms with Gasteiger partial charge in [-0.25, -0.2) is 9.67 Å². The summed E-state index contributed by atoms with van der Waals surface area (Å²) in [5, 5.41) is 12.7. The normalized spacial score (nSPS) is 11.2. The zero-order valence-corrected chi connectivity index (χ0v) is 17.8. The van der Waals surface area contributed by atoms with Crippen LogP contribution in [0, 0.1) is 13.8 Å². The van der Waals surface area contributed by atoms with Gasteiger partial charge in [-0.1, -0.05) is 29.8 Å². The number of carbonyl (C=O) groups is 1. The van der Waals surface area contributed by atoms with E-state index in [1.165, 1.54) is 5.56 Å². The molecule has 1 N–H and O–H groups in total. The minimum Gasteiger partial charge on any atom is -0.464 e. The molecule has 160 valence electrons. The number of furan rings is 1. The lowest BCUT2D eigenvalue weighted by Crippen LogP contribution is -2.19. The van der Waals surface area contributed by atoms with Gasteiger partial charge in [-0.3, -0.25) is 9.48 Å². The van der Waals surface area contributed by atoms with Gasteiger partial charge >= 0.3 is 0 Å². The Kier molecular flexibility index (Phi) is 5.03. The maximum Gasteiger partial charge on any atom is 0.246 e. The molecule has 0 atom stereocenters. The second kappa shape index (κ2) is 8.14. The predicted octanol–water partition coefficient (Wildman–Crippen LogP) is 4.19. The number of carbonyl (C=O) groups excluding carboxylic acids is 1. The Morgan fingerprint density at radius 2 is 1.97 bits per heavy atom. The highest BCUT2D eigenvalue weighted by atomic mass is 16.3. The van der Waals surface area contributed by atoms with E-state index in [1.54, 1.807) is 28.0 Å². The first-order chi connectivity index (χ1) is 15.6. The fourth-order valence-electron chi connectivity index (χ4n) is 3.76. The van der Waals surface area contributed by atoms with Crippen LogP contribution in [0.4, 0.5) is 5.69 Å². The molecule has 1 amide bonds. The van der Waals surface area contributed by atoms with Crippen LogP contribution >= 0.6 is 0 Å². The first-order valence-corrected chi connectivity index (χ1v) is 10.3. The molecule has 0 unspecified atom stereocenters. The minimum absolute atomic E-state index is 0.0437. The zero-order chi connectivity index (χ0) is 22.1. The van der Waals surface area contributed by atoms with Crippen molar-refractivity contribution in [3.8, 4) is 11.3 Å². The van der Waals surface area contributed by atoms with Crippen LogP contribution in [-0.2, 0) is 17.9 Å². The third-order valence-electron chi connectivity index (χ3n) is 5.27. The summed E-state index contributed by atoms with van der Waals surface area (Å²) >= 11 is 0. The van der Waals surface area contributed by atoms with Gasteiger partial charge in [0.15, 0.2) is 5.65 Å². The van der Waals surface area contributed by atoms with Crippen molar-refractivity contribution in [1.29, 1.82) is 0 Å². The van der Waals surface area contributed by atoms with Crippen LogP contribution in [0.2, 0.25) is 0 Å². The van der Waals surface area contributed by atoms with Gasteiger partial charge in [0.2, 0.25) is 5.91 Å². The molecule has 5 aromatic rings. The SMILES string of the molecule is Cc1ccc(Cn2cc(NC(=O)Cn3nc(C)c4c(-c5ccco5)ccnc43)cn2)cc1. The van der Waals surface area contributed by atoms with E-state index in [-0.39, 0.29) is 12.5 Å².